The van der Waals surface area contributed by atoms with E-state index in [1.165, 1.54) is 12.1 Å². The first kappa shape index (κ1) is 22.3. The lowest BCUT2D eigenvalue weighted by molar-refractivity contribution is -0.138. The molecule has 1 aliphatic carbocycles. The lowest BCUT2D eigenvalue weighted by Crippen LogP contribution is -2.36. The summed E-state index contributed by atoms with van der Waals surface area (Å²) in [5.74, 6) is -1.20. The van der Waals surface area contributed by atoms with Crippen LogP contribution in [0.3, 0.4) is 0 Å². The van der Waals surface area contributed by atoms with E-state index in [-0.39, 0.29) is 24.1 Å². The number of benzene rings is 2. The van der Waals surface area contributed by atoms with Crippen molar-refractivity contribution in [3.8, 4) is 0 Å². The summed E-state index contributed by atoms with van der Waals surface area (Å²) in [5.41, 5.74) is 4.48. The van der Waals surface area contributed by atoms with Crippen molar-refractivity contribution < 1.29 is 18.7 Å². The van der Waals surface area contributed by atoms with E-state index in [9.17, 15) is 14.0 Å². The molecule has 4 nitrogen and oxygen atoms in total. The second-order valence-electron chi connectivity index (χ2n) is 8.06. The Morgan fingerprint density at radius 2 is 1.75 bits per heavy atom. The molecule has 1 N–H and O–H groups in total. The molecule has 166 valence electrons. The van der Waals surface area contributed by atoms with E-state index in [2.05, 4.69) is 5.32 Å². The first-order valence-corrected chi connectivity index (χ1v) is 12.0. The van der Waals surface area contributed by atoms with E-state index in [1.54, 1.807) is 30.8 Å². The van der Waals surface area contributed by atoms with Gasteiger partial charge in [-0.2, -0.15) is 0 Å². The first-order chi connectivity index (χ1) is 15.4. The number of ketones is 1. The average Bonchev–Trinajstić information content (AvgIpc) is 2.78. The van der Waals surface area contributed by atoms with Crippen LogP contribution in [0.1, 0.15) is 49.7 Å². The molecule has 0 unspecified atom stereocenters. The van der Waals surface area contributed by atoms with Crippen molar-refractivity contribution in [2.45, 2.75) is 43.4 Å². The van der Waals surface area contributed by atoms with Crippen LogP contribution in [0.25, 0.3) is 0 Å². The summed E-state index contributed by atoms with van der Waals surface area (Å²) in [6, 6.07) is 14.3. The molecular weight excluding hydrogens is 425 g/mol. The molecule has 0 bridgehead atoms. The third kappa shape index (κ3) is 4.24. The smallest absolute Gasteiger partial charge is 0.336 e. The zero-order valence-electron chi connectivity index (χ0n) is 18.4. The maximum Gasteiger partial charge on any atom is 0.336 e. The van der Waals surface area contributed by atoms with Crippen molar-refractivity contribution in [3.05, 3.63) is 88.0 Å². The highest BCUT2D eigenvalue weighted by molar-refractivity contribution is 7.98. The largest absolute Gasteiger partial charge is 0.463 e. The minimum absolute atomic E-state index is 0.00122. The highest BCUT2D eigenvalue weighted by Gasteiger charge is 2.41. The summed E-state index contributed by atoms with van der Waals surface area (Å²) < 4.78 is 18.7. The van der Waals surface area contributed by atoms with Gasteiger partial charge in [0, 0.05) is 34.2 Å². The van der Waals surface area contributed by atoms with Gasteiger partial charge in [-0.3, -0.25) is 4.79 Å². The number of hydrogen-bond acceptors (Lipinski definition) is 5. The highest BCUT2D eigenvalue weighted by atomic mass is 32.2. The monoisotopic (exact) mass is 451 g/mol. The molecule has 2 atom stereocenters. The maximum absolute atomic E-state index is 13.5. The van der Waals surface area contributed by atoms with E-state index >= 15 is 0 Å². The summed E-state index contributed by atoms with van der Waals surface area (Å²) in [7, 11) is 0. The van der Waals surface area contributed by atoms with E-state index < -0.39 is 11.9 Å². The number of thioether (sulfide) groups is 1. The average molecular weight is 452 g/mol. The summed E-state index contributed by atoms with van der Waals surface area (Å²) >= 11 is 1.64. The van der Waals surface area contributed by atoms with Crippen LogP contribution in [0, 0.1) is 5.82 Å². The van der Waals surface area contributed by atoms with Gasteiger partial charge in [0.05, 0.1) is 12.2 Å². The van der Waals surface area contributed by atoms with Crippen molar-refractivity contribution in [3.63, 3.8) is 0 Å². The number of ether oxygens (including phenoxy) is 1. The number of carbonyl (C=O) groups excluding carboxylic acids is 2. The van der Waals surface area contributed by atoms with Crippen LogP contribution in [0.4, 0.5) is 4.39 Å². The van der Waals surface area contributed by atoms with Crippen molar-refractivity contribution in [1.29, 1.82) is 0 Å². The molecule has 0 saturated heterocycles. The van der Waals surface area contributed by atoms with Crippen molar-refractivity contribution >= 4 is 23.5 Å². The van der Waals surface area contributed by atoms with Crippen LogP contribution >= 0.6 is 11.8 Å². The number of hydrogen-bond donors (Lipinski definition) is 1. The molecule has 2 aromatic rings. The van der Waals surface area contributed by atoms with Crippen molar-refractivity contribution in [1.82, 2.24) is 5.32 Å². The van der Waals surface area contributed by atoms with Crippen molar-refractivity contribution in [2.75, 3.05) is 12.9 Å². The minimum Gasteiger partial charge on any atom is -0.463 e. The quantitative estimate of drug-likeness (QED) is 0.482. The number of Topliss-reactive ketones (excluding diaryl/α,β-unsaturated/α-hetero) is 1. The van der Waals surface area contributed by atoms with Gasteiger partial charge in [-0.05, 0) is 67.8 Å². The summed E-state index contributed by atoms with van der Waals surface area (Å²) in [6.07, 6.45) is 2.95. The Balaban J connectivity index is 1.78. The number of dihydropyridines is 1. The summed E-state index contributed by atoms with van der Waals surface area (Å²) in [6.45, 7) is 3.89. The van der Waals surface area contributed by atoms with E-state index in [0.29, 0.717) is 29.7 Å². The van der Waals surface area contributed by atoms with Crippen molar-refractivity contribution in [2.24, 2.45) is 0 Å². The van der Waals surface area contributed by atoms with Crippen LogP contribution < -0.4 is 5.32 Å². The van der Waals surface area contributed by atoms with E-state index in [0.717, 1.165) is 21.7 Å². The van der Waals surface area contributed by atoms with Gasteiger partial charge in [0.2, 0.25) is 0 Å². The minimum atomic E-state index is -0.470. The third-order valence-electron chi connectivity index (χ3n) is 6.11. The number of carbonyl (C=O) groups is 2. The fraction of sp³-hybridized carbons (Fsp3) is 0.308. The molecule has 4 rings (SSSR count). The normalized spacial score (nSPS) is 20.7. The third-order valence-corrected chi connectivity index (χ3v) is 6.86. The Bertz CT molecular complexity index is 1100. The van der Waals surface area contributed by atoms with Gasteiger partial charge < -0.3 is 10.1 Å². The van der Waals surface area contributed by atoms with E-state index in [4.69, 9.17) is 4.74 Å². The lowest BCUT2D eigenvalue weighted by atomic mass is 9.72. The molecule has 1 heterocycles. The zero-order valence-corrected chi connectivity index (χ0v) is 19.2. The number of allylic oxidation sites excluding steroid dienone is 3. The van der Waals surface area contributed by atoms with Crippen LogP contribution in [0.15, 0.2) is 76.0 Å². The number of nitrogens with one attached hydrogen (secondary N) is 1. The van der Waals surface area contributed by atoms with Gasteiger partial charge in [-0.15, -0.1) is 11.8 Å². The second-order valence-corrected chi connectivity index (χ2v) is 8.94. The molecule has 32 heavy (non-hydrogen) atoms. The predicted octanol–water partition coefficient (Wildman–Crippen LogP) is 5.47. The second kappa shape index (κ2) is 9.33. The number of esters is 1. The molecule has 2 aromatic carbocycles. The van der Waals surface area contributed by atoms with E-state index in [1.807, 2.05) is 37.4 Å². The van der Waals surface area contributed by atoms with Gasteiger partial charge in [-0.25, -0.2) is 9.18 Å². The van der Waals surface area contributed by atoms with Gasteiger partial charge in [0.15, 0.2) is 5.78 Å². The molecule has 0 aromatic heterocycles. The van der Waals surface area contributed by atoms with Crippen LogP contribution in [-0.4, -0.2) is 24.6 Å². The lowest BCUT2D eigenvalue weighted by Gasteiger charge is -2.36. The molecule has 2 aliphatic rings. The highest BCUT2D eigenvalue weighted by Crippen LogP contribution is 2.45. The van der Waals surface area contributed by atoms with Crippen LogP contribution in [0.5, 0.6) is 0 Å². The Morgan fingerprint density at radius 1 is 1.09 bits per heavy atom. The summed E-state index contributed by atoms with van der Waals surface area (Å²) in [5, 5.41) is 3.33. The first-order valence-electron chi connectivity index (χ1n) is 10.7. The predicted molar refractivity (Wildman–Crippen MR) is 124 cm³/mol. The number of rotatable bonds is 5. The Labute approximate surface area is 191 Å². The molecule has 0 amide bonds. The number of halogens is 1. The fourth-order valence-corrected chi connectivity index (χ4v) is 5.03. The standard InChI is InChI=1S/C26H26FNO3S/c1-4-31-26(30)23-15(2)28-21-13-18(16-5-9-19(27)10-6-16)14-22(29)25(21)24(23)17-7-11-20(32-3)12-8-17/h5-12,18,24,28H,4,13-14H2,1-3H3/t18-,24+/m0/s1. The fourth-order valence-electron chi connectivity index (χ4n) is 4.62. The molecule has 0 fully saturated rings. The molecule has 0 radical (unpaired) electrons. The van der Waals surface area contributed by atoms with Crippen LogP contribution in [-0.2, 0) is 14.3 Å². The topological polar surface area (TPSA) is 55.4 Å². The SMILES string of the molecule is CCOC(=O)C1=C(C)NC2=C(C(=O)C[C@@H](c3ccc(F)cc3)C2)[C@@H]1c1ccc(SC)cc1. The molecular formula is C26H26FNO3S. The Hall–Kier alpha value is -2.86. The van der Waals surface area contributed by atoms with Gasteiger partial charge in [0.1, 0.15) is 5.82 Å². The molecule has 0 spiro atoms. The molecule has 0 saturated carbocycles. The molecule has 1 aliphatic heterocycles. The van der Waals surface area contributed by atoms with Gasteiger partial charge >= 0.3 is 5.97 Å². The maximum atomic E-state index is 13.5. The Kier molecular flexibility index (Phi) is 6.51. The van der Waals surface area contributed by atoms with Gasteiger partial charge in [0.25, 0.3) is 0 Å². The zero-order chi connectivity index (χ0) is 22.8. The van der Waals surface area contributed by atoms with Crippen LogP contribution in [0.2, 0.25) is 0 Å². The Morgan fingerprint density at radius 3 is 2.38 bits per heavy atom. The van der Waals surface area contributed by atoms with Gasteiger partial charge in [-0.1, -0.05) is 24.3 Å². The summed E-state index contributed by atoms with van der Waals surface area (Å²) in [4.78, 5) is 27.5. The molecule has 6 heteroatoms.